The van der Waals surface area contributed by atoms with Gasteiger partial charge in [0.05, 0.1) is 12.6 Å². The van der Waals surface area contributed by atoms with Crippen LogP contribution in [-0.2, 0) is 16.0 Å². The summed E-state index contributed by atoms with van der Waals surface area (Å²) in [5.41, 5.74) is 2.56. The molecule has 1 aromatic heterocycles. The summed E-state index contributed by atoms with van der Waals surface area (Å²) in [6.45, 7) is 5.39. The van der Waals surface area contributed by atoms with E-state index < -0.39 is 0 Å². The molecule has 8 heteroatoms. The molecule has 0 saturated carbocycles. The Balaban J connectivity index is 1.45. The van der Waals surface area contributed by atoms with Gasteiger partial charge in [-0.1, -0.05) is 25.1 Å². The van der Waals surface area contributed by atoms with Crippen LogP contribution in [0.15, 0.2) is 41.1 Å². The van der Waals surface area contributed by atoms with Crippen molar-refractivity contribution in [3.63, 3.8) is 0 Å². The Labute approximate surface area is 193 Å². The monoisotopic (exact) mass is 456 g/mol. The molecule has 1 fully saturated rings. The molecular weight excluding hydrogens is 424 g/mol. The number of hydrogen-bond donors (Lipinski definition) is 2. The first-order valence-corrected chi connectivity index (χ1v) is 12.0. The molecule has 1 aromatic carbocycles. The largest absolute Gasteiger partial charge is 0.349 e. The Morgan fingerprint density at radius 3 is 2.56 bits per heavy atom. The third-order valence-electron chi connectivity index (χ3n) is 5.98. The summed E-state index contributed by atoms with van der Waals surface area (Å²) in [7, 11) is 1.66. The van der Waals surface area contributed by atoms with E-state index in [-0.39, 0.29) is 36.3 Å². The van der Waals surface area contributed by atoms with Gasteiger partial charge in [-0.3, -0.25) is 19.3 Å². The van der Waals surface area contributed by atoms with Crippen molar-refractivity contribution in [3.8, 4) is 0 Å². The van der Waals surface area contributed by atoms with Gasteiger partial charge in [0, 0.05) is 42.8 Å². The lowest BCUT2D eigenvalue weighted by molar-refractivity contribution is -0.138. The molecule has 1 aliphatic rings. The second kappa shape index (κ2) is 11.2. The van der Waals surface area contributed by atoms with E-state index in [1.807, 2.05) is 54.9 Å². The molecule has 172 valence electrons. The van der Waals surface area contributed by atoms with E-state index in [0.717, 1.165) is 43.6 Å². The number of thiophene rings is 1. The molecule has 1 atom stereocenters. The lowest BCUT2D eigenvalue weighted by Crippen LogP contribution is -2.52. The predicted octanol–water partition coefficient (Wildman–Crippen LogP) is 2.99. The van der Waals surface area contributed by atoms with E-state index in [1.54, 1.807) is 7.05 Å². The topological polar surface area (TPSA) is 81.8 Å². The average Bonchev–Trinajstić information content (AvgIpc) is 3.34. The molecule has 0 spiro atoms. The number of nitrogens with zero attached hydrogens (tertiary/aromatic N) is 2. The van der Waals surface area contributed by atoms with Crippen LogP contribution in [0.1, 0.15) is 42.6 Å². The van der Waals surface area contributed by atoms with Crippen LogP contribution < -0.4 is 10.6 Å². The van der Waals surface area contributed by atoms with Gasteiger partial charge in [0.1, 0.15) is 0 Å². The number of likely N-dealkylation sites (tertiary alicyclic amines) is 1. The van der Waals surface area contributed by atoms with E-state index in [1.165, 1.54) is 16.2 Å². The van der Waals surface area contributed by atoms with E-state index in [2.05, 4.69) is 15.5 Å². The average molecular weight is 457 g/mol. The van der Waals surface area contributed by atoms with Crippen LogP contribution in [0.3, 0.4) is 0 Å². The van der Waals surface area contributed by atoms with Crippen molar-refractivity contribution in [3.05, 3.63) is 52.2 Å². The first kappa shape index (κ1) is 23.9. The summed E-state index contributed by atoms with van der Waals surface area (Å²) in [5, 5.41) is 9.74. The van der Waals surface area contributed by atoms with Gasteiger partial charge in [-0.2, -0.15) is 11.3 Å². The SMILES string of the molecule is CCc1ccccc1NC(=O)CN(C)C(=O)C(C)N1CCC(NC(=O)c2ccsc2)CC1. The Morgan fingerprint density at radius 1 is 1.19 bits per heavy atom. The van der Waals surface area contributed by atoms with Crippen molar-refractivity contribution in [1.29, 1.82) is 0 Å². The number of carbonyl (C=O) groups excluding carboxylic acids is 3. The summed E-state index contributed by atoms with van der Waals surface area (Å²) in [6, 6.07) is 9.32. The van der Waals surface area contributed by atoms with Crippen molar-refractivity contribution >= 4 is 34.7 Å². The maximum atomic E-state index is 12.9. The fourth-order valence-corrected chi connectivity index (χ4v) is 4.64. The first-order chi connectivity index (χ1) is 15.4. The lowest BCUT2D eigenvalue weighted by atomic mass is 10.0. The minimum Gasteiger partial charge on any atom is -0.349 e. The molecule has 0 radical (unpaired) electrons. The Morgan fingerprint density at radius 2 is 1.91 bits per heavy atom. The molecule has 3 amide bonds. The van der Waals surface area contributed by atoms with Gasteiger partial charge in [0.2, 0.25) is 11.8 Å². The van der Waals surface area contributed by atoms with E-state index in [9.17, 15) is 14.4 Å². The third-order valence-corrected chi connectivity index (χ3v) is 6.67. The number of aryl methyl sites for hydroxylation is 1. The summed E-state index contributed by atoms with van der Waals surface area (Å²) < 4.78 is 0. The van der Waals surface area contributed by atoms with Crippen LogP contribution in [0.5, 0.6) is 0 Å². The zero-order valence-corrected chi connectivity index (χ0v) is 19.8. The van der Waals surface area contributed by atoms with Crippen LogP contribution in [-0.4, -0.2) is 66.3 Å². The normalized spacial score (nSPS) is 15.7. The minimum absolute atomic E-state index is 0.00832. The molecule has 0 bridgehead atoms. The second-order valence-electron chi connectivity index (χ2n) is 8.22. The number of para-hydroxylation sites is 1. The highest BCUT2D eigenvalue weighted by molar-refractivity contribution is 7.08. The molecular formula is C24H32N4O3S. The molecule has 1 unspecified atom stereocenters. The molecule has 2 N–H and O–H groups in total. The quantitative estimate of drug-likeness (QED) is 0.640. The minimum atomic E-state index is -0.316. The molecule has 0 aliphatic carbocycles. The van der Waals surface area contributed by atoms with Gasteiger partial charge < -0.3 is 15.5 Å². The van der Waals surface area contributed by atoms with Crippen LogP contribution in [0.2, 0.25) is 0 Å². The fraction of sp³-hybridized carbons (Fsp3) is 0.458. The zero-order chi connectivity index (χ0) is 23.1. The Hall–Kier alpha value is -2.71. The second-order valence-corrected chi connectivity index (χ2v) is 9.00. The number of likely N-dealkylation sites (N-methyl/N-ethyl adjacent to an activating group) is 1. The molecule has 32 heavy (non-hydrogen) atoms. The maximum absolute atomic E-state index is 12.9. The number of amides is 3. The van der Waals surface area contributed by atoms with Crippen LogP contribution in [0.4, 0.5) is 5.69 Å². The molecule has 1 aliphatic heterocycles. The van der Waals surface area contributed by atoms with E-state index in [0.29, 0.717) is 5.56 Å². The first-order valence-electron chi connectivity index (χ1n) is 11.1. The lowest BCUT2D eigenvalue weighted by Gasteiger charge is -2.36. The van der Waals surface area contributed by atoms with Crippen molar-refractivity contribution in [2.45, 2.75) is 45.2 Å². The Bertz CT molecular complexity index is 923. The third kappa shape index (κ3) is 6.17. The predicted molar refractivity (Wildman–Crippen MR) is 128 cm³/mol. The molecule has 7 nitrogen and oxygen atoms in total. The highest BCUT2D eigenvalue weighted by atomic mass is 32.1. The number of rotatable bonds is 8. The van der Waals surface area contributed by atoms with Crippen LogP contribution >= 0.6 is 11.3 Å². The number of benzene rings is 1. The zero-order valence-electron chi connectivity index (χ0n) is 19.0. The van der Waals surface area contributed by atoms with Gasteiger partial charge in [0.15, 0.2) is 0 Å². The van der Waals surface area contributed by atoms with E-state index in [4.69, 9.17) is 0 Å². The maximum Gasteiger partial charge on any atom is 0.252 e. The van der Waals surface area contributed by atoms with Crippen molar-refractivity contribution in [2.75, 3.05) is 32.0 Å². The summed E-state index contributed by atoms with van der Waals surface area (Å²) in [5.74, 6) is -0.322. The smallest absolute Gasteiger partial charge is 0.252 e. The molecule has 3 rings (SSSR count). The van der Waals surface area contributed by atoms with E-state index >= 15 is 0 Å². The number of nitrogens with one attached hydrogen (secondary N) is 2. The number of hydrogen-bond acceptors (Lipinski definition) is 5. The Kier molecular flexibility index (Phi) is 8.41. The van der Waals surface area contributed by atoms with Crippen molar-refractivity contribution in [1.82, 2.24) is 15.1 Å². The van der Waals surface area contributed by atoms with Gasteiger partial charge in [0.25, 0.3) is 5.91 Å². The number of piperidine rings is 1. The number of anilines is 1. The molecule has 1 saturated heterocycles. The van der Waals surface area contributed by atoms with Gasteiger partial charge in [-0.25, -0.2) is 0 Å². The van der Waals surface area contributed by atoms with Crippen molar-refractivity contribution < 1.29 is 14.4 Å². The highest BCUT2D eigenvalue weighted by Crippen LogP contribution is 2.17. The molecule has 2 aromatic rings. The van der Waals surface area contributed by atoms with Crippen molar-refractivity contribution in [2.24, 2.45) is 0 Å². The summed E-state index contributed by atoms with van der Waals surface area (Å²) in [6.07, 6.45) is 2.42. The standard InChI is InChI=1S/C24H32N4O3S/c1-4-18-7-5-6-8-21(18)26-22(29)15-27(3)24(31)17(2)28-12-9-20(10-13-28)25-23(30)19-11-14-32-16-19/h5-8,11,14,16-17,20H,4,9-10,12-13,15H2,1-3H3,(H,25,30)(H,26,29). The van der Waals surface area contributed by atoms with Gasteiger partial charge >= 0.3 is 0 Å². The van der Waals surface area contributed by atoms with Gasteiger partial charge in [-0.05, 0) is 49.3 Å². The highest BCUT2D eigenvalue weighted by Gasteiger charge is 2.29. The number of carbonyl (C=O) groups is 3. The van der Waals surface area contributed by atoms with Crippen LogP contribution in [0.25, 0.3) is 0 Å². The van der Waals surface area contributed by atoms with Gasteiger partial charge in [-0.15, -0.1) is 0 Å². The molecule has 2 heterocycles. The fourth-order valence-electron chi connectivity index (χ4n) is 4.00. The summed E-state index contributed by atoms with van der Waals surface area (Å²) in [4.78, 5) is 41.2. The summed E-state index contributed by atoms with van der Waals surface area (Å²) >= 11 is 1.51. The van der Waals surface area contributed by atoms with Crippen LogP contribution in [0, 0.1) is 0 Å².